The summed E-state index contributed by atoms with van der Waals surface area (Å²) < 4.78 is 12.0. The van der Waals surface area contributed by atoms with Crippen LogP contribution in [0, 0.1) is 46.3 Å². The van der Waals surface area contributed by atoms with Crippen LogP contribution in [-0.2, 0) is 19.1 Å². The van der Waals surface area contributed by atoms with Crippen molar-refractivity contribution in [3.8, 4) is 0 Å². The summed E-state index contributed by atoms with van der Waals surface area (Å²) in [5.41, 5.74) is 2.29. The van der Waals surface area contributed by atoms with Crippen LogP contribution in [0.15, 0.2) is 36.0 Å². The van der Waals surface area contributed by atoms with Gasteiger partial charge in [0.05, 0.1) is 12.8 Å². The number of likely N-dealkylation sites (N-methyl/N-ethyl adjacent to an activating group) is 1. The van der Waals surface area contributed by atoms with Crippen molar-refractivity contribution in [3.63, 3.8) is 0 Å². The number of unbranched alkanes of at least 4 members (excludes halogenated alkanes) is 11. The molecule has 0 amide bonds. The molecule has 0 radical (unpaired) electrons. The van der Waals surface area contributed by atoms with Crippen molar-refractivity contribution in [2.45, 2.75) is 234 Å². The molecular weight excluding hydrogens is 739 g/mol. The molecule has 3 fully saturated rings. The first-order valence-electron chi connectivity index (χ1n) is 25.9. The second kappa shape index (κ2) is 26.7. The molecule has 0 N–H and O–H groups in total. The zero-order valence-corrected chi connectivity index (χ0v) is 40.6. The Kier molecular flexibility index (Phi) is 22.6. The van der Waals surface area contributed by atoms with Crippen LogP contribution in [0.5, 0.6) is 0 Å². The first-order chi connectivity index (χ1) is 28.9. The molecule has 4 aliphatic rings. The Balaban J connectivity index is 1.09. The quantitative estimate of drug-likeness (QED) is 0.0427. The molecular formula is C55H95NO4. The van der Waals surface area contributed by atoms with Crippen LogP contribution < -0.4 is 0 Å². The van der Waals surface area contributed by atoms with Crippen LogP contribution in [-0.4, -0.2) is 49.7 Å². The second-order valence-electron chi connectivity index (χ2n) is 21.6. The molecule has 0 spiro atoms. The van der Waals surface area contributed by atoms with Crippen molar-refractivity contribution in [1.82, 2.24) is 4.90 Å². The molecule has 0 aromatic rings. The highest BCUT2D eigenvalue weighted by atomic mass is 16.6. The average molecular weight is 834 g/mol. The summed E-state index contributed by atoms with van der Waals surface area (Å²) in [7, 11) is 4.06. The van der Waals surface area contributed by atoms with Crippen molar-refractivity contribution >= 4 is 11.9 Å². The number of carbonyl (C=O) groups is 2. The molecule has 5 heteroatoms. The molecule has 3 saturated carbocycles. The molecule has 4 aliphatic carbocycles. The summed E-state index contributed by atoms with van der Waals surface area (Å²) in [6.45, 7) is 15.5. The highest BCUT2D eigenvalue weighted by molar-refractivity contribution is 5.77. The predicted molar refractivity (Wildman–Crippen MR) is 254 cm³/mol. The minimum atomic E-state index is -0.270. The summed E-state index contributed by atoms with van der Waals surface area (Å²) in [6.07, 6.45) is 44.2. The Bertz CT molecular complexity index is 1330. The number of esters is 2. The molecule has 0 aromatic heterocycles. The van der Waals surface area contributed by atoms with Gasteiger partial charge < -0.3 is 14.4 Å². The minimum Gasteiger partial charge on any atom is -0.462 e. The molecule has 0 saturated heterocycles. The van der Waals surface area contributed by atoms with Gasteiger partial charge in [-0.3, -0.25) is 9.59 Å². The highest BCUT2D eigenvalue weighted by Gasteiger charge is 2.59. The number of hydrogen-bond acceptors (Lipinski definition) is 5. The first kappa shape index (κ1) is 50.8. The molecule has 9 atom stereocenters. The molecule has 344 valence electrons. The Labute approximate surface area is 371 Å². The van der Waals surface area contributed by atoms with E-state index in [-0.39, 0.29) is 42.4 Å². The number of allylic oxidation sites excluding steroid dienone is 5. The maximum atomic E-state index is 13.1. The van der Waals surface area contributed by atoms with E-state index in [1.807, 2.05) is 14.1 Å². The van der Waals surface area contributed by atoms with Crippen molar-refractivity contribution in [3.05, 3.63) is 36.0 Å². The molecule has 0 heterocycles. The van der Waals surface area contributed by atoms with E-state index in [0.717, 1.165) is 80.6 Å². The predicted octanol–water partition coefficient (Wildman–Crippen LogP) is 15.2. The highest BCUT2D eigenvalue weighted by Crippen LogP contribution is 2.67. The number of ether oxygens (including phenoxy) is 2. The minimum absolute atomic E-state index is 0.0677. The Morgan fingerprint density at radius 3 is 2.10 bits per heavy atom. The second-order valence-corrected chi connectivity index (χ2v) is 21.6. The summed E-state index contributed by atoms with van der Waals surface area (Å²) in [5, 5.41) is 0. The third kappa shape index (κ3) is 16.0. The number of hydrogen-bond donors (Lipinski definition) is 0. The van der Waals surface area contributed by atoms with E-state index in [2.05, 4.69) is 76.8 Å². The molecule has 5 nitrogen and oxygen atoms in total. The van der Waals surface area contributed by atoms with Crippen LogP contribution >= 0.6 is 0 Å². The van der Waals surface area contributed by atoms with Crippen LogP contribution in [0.4, 0.5) is 0 Å². The van der Waals surface area contributed by atoms with Gasteiger partial charge in [-0.2, -0.15) is 0 Å². The lowest BCUT2D eigenvalue weighted by molar-refractivity contribution is -0.157. The maximum Gasteiger partial charge on any atom is 0.306 e. The van der Waals surface area contributed by atoms with Crippen molar-refractivity contribution < 1.29 is 19.1 Å². The lowest BCUT2D eigenvalue weighted by atomic mass is 9.47. The van der Waals surface area contributed by atoms with Crippen LogP contribution in [0.3, 0.4) is 0 Å². The smallest absolute Gasteiger partial charge is 0.306 e. The van der Waals surface area contributed by atoms with Gasteiger partial charge in [-0.05, 0) is 150 Å². The lowest BCUT2D eigenvalue weighted by Gasteiger charge is -2.58. The molecule has 60 heavy (non-hydrogen) atoms. The largest absolute Gasteiger partial charge is 0.462 e. The van der Waals surface area contributed by atoms with E-state index in [1.165, 1.54) is 128 Å². The van der Waals surface area contributed by atoms with Gasteiger partial charge in [0.2, 0.25) is 0 Å². The van der Waals surface area contributed by atoms with E-state index in [9.17, 15) is 9.59 Å². The Morgan fingerprint density at radius 1 is 0.750 bits per heavy atom. The van der Waals surface area contributed by atoms with Crippen LogP contribution in [0.1, 0.15) is 221 Å². The zero-order valence-electron chi connectivity index (χ0n) is 40.6. The lowest BCUT2D eigenvalue weighted by Crippen LogP contribution is -2.51. The fourth-order valence-corrected chi connectivity index (χ4v) is 12.8. The molecule has 0 aromatic carbocycles. The van der Waals surface area contributed by atoms with E-state index < -0.39 is 0 Å². The molecule has 4 rings (SSSR count). The fourth-order valence-electron chi connectivity index (χ4n) is 12.8. The molecule has 0 aliphatic heterocycles. The van der Waals surface area contributed by atoms with Gasteiger partial charge in [0.25, 0.3) is 0 Å². The van der Waals surface area contributed by atoms with E-state index in [1.54, 1.807) is 5.57 Å². The fraction of sp³-hybridized carbons (Fsp3) is 0.855. The van der Waals surface area contributed by atoms with Crippen molar-refractivity contribution in [2.75, 3.05) is 20.6 Å². The Morgan fingerprint density at radius 2 is 1.42 bits per heavy atom. The summed E-state index contributed by atoms with van der Waals surface area (Å²) in [4.78, 5) is 28.1. The van der Waals surface area contributed by atoms with Gasteiger partial charge in [-0.15, -0.1) is 0 Å². The van der Waals surface area contributed by atoms with Gasteiger partial charge in [0.1, 0.15) is 12.2 Å². The average Bonchev–Trinajstić information content (AvgIpc) is 3.56. The monoisotopic (exact) mass is 834 g/mol. The van der Waals surface area contributed by atoms with E-state index in [0.29, 0.717) is 5.41 Å². The van der Waals surface area contributed by atoms with Gasteiger partial charge >= 0.3 is 11.9 Å². The van der Waals surface area contributed by atoms with Crippen LogP contribution in [0.25, 0.3) is 0 Å². The summed E-state index contributed by atoms with van der Waals surface area (Å²) in [6, 6.07) is 0. The summed E-state index contributed by atoms with van der Waals surface area (Å²) in [5.74, 6) is 4.45. The van der Waals surface area contributed by atoms with Crippen molar-refractivity contribution in [1.29, 1.82) is 0 Å². The van der Waals surface area contributed by atoms with Crippen molar-refractivity contribution in [2.24, 2.45) is 46.3 Å². The number of nitrogens with zero attached hydrogens (tertiary/aromatic N) is 1. The van der Waals surface area contributed by atoms with Gasteiger partial charge in [-0.25, -0.2) is 0 Å². The third-order valence-electron chi connectivity index (χ3n) is 16.2. The van der Waals surface area contributed by atoms with Gasteiger partial charge in [0, 0.05) is 13.0 Å². The zero-order chi connectivity index (χ0) is 43.4. The normalized spacial score (nSPS) is 28.8. The van der Waals surface area contributed by atoms with Crippen LogP contribution in [0.2, 0.25) is 0 Å². The maximum absolute atomic E-state index is 13.1. The van der Waals surface area contributed by atoms with E-state index in [4.69, 9.17) is 9.47 Å². The summed E-state index contributed by atoms with van der Waals surface area (Å²) >= 11 is 0. The third-order valence-corrected chi connectivity index (χ3v) is 16.2. The first-order valence-corrected chi connectivity index (χ1v) is 25.9. The SMILES string of the molecule is CCCCC/C=C\C/C=C\CCCCCCCCCCC(CN(C)C)OC(=O)CCC(=O)O[C@H]1CC[C@@]2(C)C(=CCC3C2CC[C@@]2(C)C3CC[C@@H]2[C@H](C)CCCC(C)C)C1. The molecule has 4 unspecified atom stereocenters. The standard InChI is InChI=1S/C55H95NO4/c1-9-10-11-12-13-14-15-16-17-18-19-20-21-22-23-24-25-26-30-47(42-56(7)8)60-53(58)36-35-52(57)59-46-37-39-54(5)45(41-46)31-32-48-50-34-33-49(44(4)29-27-28-43(2)3)55(50,6)40-38-51(48)54/h13-14,16-17,31,43-44,46-51H,9-12,15,18-30,32-42H2,1-8H3/b14-13-,17-16-/t44-,46+,47?,48?,49-,50?,51?,54+,55-/m1/s1. The number of rotatable bonds is 29. The number of carbonyl (C=O) groups excluding carboxylic acids is 2. The topological polar surface area (TPSA) is 55.8 Å². The molecule has 0 bridgehead atoms. The van der Waals surface area contributed by atoms with E-state index >= 15 is 0 Å². The van der Waals surface area contributed by atoms with Gasteiger partial charge in [-0.1, -0.05) is 148 Å². The Hall–Kier alpha value is -1.88. The number of fused-ring (bicyclic) bond motifs is 5. The van der Waals surface area contributed by atoms with Gasteiger partial charge in [0.15, 0.2) is 0 Å².